The van der Waals surface area contributed by atoms with E-state index in [1.807, 2.05) is 20.8 Å². The molecule has 1 amide bonds. The Balaban J connectivity index is 4.37. The number of amides is 1. The summed E-state index contributed by atoms with van der Waals surface area (Å²) in [7, 11) is 0. The first kappa shape index (κ1) is 16.7. The molecule has 0 bridgehead atoms. The van der Waals surface area contributed by atoms with Gasteiger partial charge in [-0.15, -0.1) is 0 Å². The molecule has 6 heteroatoms. The van der Waals surface area contributed by atoms with Crippen LogP contribution in [0.25, 0.3) is 0 Å². The lowest BCUT2D eigenvalue weighted by Gasteiger charge is -2.25. The molecule has 0 rings (SSSR count). The molecule has 0 saturated carbocycles. The summed E-state index contributed by atoms with van der Waals surface area (Å²) in [4.78, 5) is 22.5. The normalized spacial score (nSPS) is 13.9. The molecule has 106 valence electrons. The third-order valence-corrected chi connectivity index (χ3v) is 1.83. The first-order chi connectivity index (χ1) is 7.91. The number of alkyl carbamates (subject to hydrolysis) is 1. The van der Waals surface area contributed by atoms with Crippen LogP contribution in [0.15, 0.2) is 0 Å². The largest absolute Gasteiger partial charge is 0.480 e. The van der Waals surface area contributed by atoms with Crippen LogP contribution in [0, 0.1) is 0 Å². The minimum Gasteiger partial charge on any atom is -0.480 e. The molecule has 0 aromatic heterocycles. The van der Waals surface area contributed by atoms with Crippen molar-refractivity contribution in [2.24, 2.45) is 0 Å². The Kier molecular flexibility index (Phi) is 5.60. The highest BCUT2D eigenvalue weighted by atomic mass is 16.6. The monoisotopic (exact) mass is 260 g/mol. The standard InChI is InChI=1S/C12H24N2O4/c1-11(2,3)13-7-8(9(15)16)14-10(17)18-12(4,5)6/h8,13H,7H2,1-6H3,(H,14,17)(H,15,16)/t8-/m0/s1. The zero-order valence-electron chi connectivity index (χ0n) is 12.0. The lowest BCUT2D eigenvalue weighted by Crippen LogP contribution is -2.52. The van der Waals surface area contributed by atoms with Crippen molar-refractivity contribution >= 4 is 12.1 Å². The average molecular weight is 260 g/mol. The van der Waals surface area contributed by atoms with Crippen molar-refractivity contribution in [1.29, 1.82) is 0 Å². The molecule has 0 saturated heterocycles. The third-order valence-electron chi connectivity index (χ3n) is 1.83. The van der Waals surface area contributed by atoms with Crippen molar-refractivity contribution in [1.82, 2.24) is 10.6 Å². The lowest BCUT2D eigenvalue weighted by atomic mass is 10.1. The van der Waals surface area contributed by atoms with Gasteiger partial charge in [-0.05, 0) is 41.5 Å². The van der Waals surface area contributed by atoms with Crippen LogP contribution in [0.3, 0.4) is 0 Å². The highest BCUT2D eigenvalue weighted by Gasteiger charge is 2.25. The fourth-order valence-electron chi connectivity index (χ4n) is 1.06. The van der Waals surface area contributed by atoms with Gasteiger partial charge in [0.2, 0.25) is 0 Å². The third kappa shape index (κ3) is 8.81. The number of rotatable bonds is 4. The van der Waals surface area contributed by atoms with E-state index in [1.165, 1.54) is 0 Å². The smallest absolute Gasteiger partial charge is 0.408 e. The first-order valence-electron chi connectivity index (χ1n) is 5.88. The van der Waals surface area contributed by atoms with Crippen molar-refractivity contribution in [2.45, 2.75) is 58.7 Å². The molecule has 1 atom stereocenters. The second-order valence-electron chi connectivity index (χ2n) is 6.17. The van der Waals surface area contributed by atoms with Crippen LogP contribution in [0.2, 0.25) is 0 Å². The molecule has 0 aliphatic carbocycles. The van der Waals surface area contributed by atoms with Crippen LogP contribution in [0.5, 0.6) is 0 Å². The van der Waals surface area contributed by atoms with Gasteiger partial charge in [0.15, 0.2) is 0 Å². The van der Waals surface area contributed by atoms with E-state index in [1.54, 1.807) is 20.8 Å². The SMILES string of the molecule is CC(C)(C)NC[C@H](NC(=O)OC(C)(C)C)C(=O)O. The number of carbonyl (C=O) groups excluding carboxylic acids is 1. The summed E-state index contributed by atoms with van der Waals surface area (Å²) in [6.07, 6.45) is -0.731. The van der Waals surface area contributed by atoms with Gasteiger partial charge in [0, 0.05) is 12.1 Å². The summed E-state index contributed by atoms with van der Waals surface area (Å²) in [5.41, 5.74) is -0.867. The van der Waals surface area contributed by atoms with E-state index >= 15 is 0 Å². The van der Waals surface area contributed by atoms with Gasteiger partial charge in [-0.25, -0.2) is 9.59 Å². The number of carboxylic acids is 1. The summed E-state index contributed by atoms with van der Waals surface area (Å²) in [6, 6.07) is -1.01. The van der Waals surface area contributed by atoms with E-state index in [0.717, 1.165) is 0 Å². The van der Waals surface area contributed by atoms with E-state index in [0.29, 0.717) is 0 Å². The van der Waals surface area contributed by atoms with E-state index in [2.05, 4.69) is 10.6 Å². The van der Waals surface area contributed by atoms with Crippen LogP contribution in [-0.2, 0) is 9.53 Å². The summed E-state index contributed by atoms with van der Waals surface area (Å²) in [5, 5.41) is 14.3. The molecule has 3 N–H and O–H groups in total. The van der Waals surface area contributed by atoms with Gasteiger partial charge in [-0.3, -0.25) is 0 Å². The highest BCUT2D eigenvalue weighted by molar-refractivity contribution is 5.80. The molecular weight excluding hydrogens is 236 g/mol. The van der Waals surface area contributed by atoms with Gasteiger partial charge in [-0.2, -0.15) is 0 Å². The number of hydrogen-bond donors (Lipinski definition) is 3. The molecular formula is C12H24N2O4. The van der Waals surface area contributed by atoms with Gasteiger partial charge in [-0.1, -0.05) is 0 Å². The van der Waals surface area contributed by atoms with Gasteiger partial charge in [0.25, 0.3) is 0 Å². The summed E-state index contributed by atoms with van der Waals surface area (Å²) < 4.78 is 5.01. The minimum atomic E-state index is -1.10. The first-order valence-corrected chi connectivity index (χ1v) is 5.88. The van der Waals surface area contributed by atoms with Gasteiger partial charge in [0.1, 0.15) is 11.6 Å². The van der Waals surface area contributed by atoms with E-state index in [-0.39, 0.29) is 12.1 Å². The molecule has 0 unspecified atom stereocenters. The number of carbonyl (C=O) groups is 2. The zero-order valence-corrected chi connectivity index (χ0v) is 12.0. The van der Waals surface area contributed by atoms with Gasteiger partial charge >= 0.3 is 12.1 Å². The molecule has 0 fully saturated rings. The number of ether oxygens (including phenoxy) is 1. The molecule has 18 heavy (non-hydrogen) atoms. The topological polar surface area (TPSA) is 87.7 Å². The van der Waals surface area contributed by atoms with Crippen LogP contribution >= 0.6 is 0 Å². The molecule has 0 aromatic carbocycles. The second-order valence-corrected chi connectivity index (χ2v) is 6.17. The van der Waals surface area contributed by atoms with E-state index < -0.39 is 23.7 Å². The van der Waals surface area contributed by atoms with E-state index in [4.69, 9.17) is 9.84 Å². The molecule has 0 aliphatic rings. The number of carboxylic acid groups (broad SMARTS) is 1. The van der Waals surface area contributed by atoms with Crippen molar-refractivity contribution in [3.8, 4) is 0 Å². The van der Waals surface area contributed by atoms with Crippen molar-refractivity contribution in [3.63, 3.8) is 0 Å². The molecule has 6 nitrogen and oxygen atoms in total. The lowest BCUT2D eigenvalue weighted by molar-refractivity contribution is -0.139. The Hall–Kier alpha value is -1.30. The number of nitrogens with one attached hydrogen (secondary N) is 2. The fourth-order valence-corrected chi connectivity index (χ4v) is 1.06. The maximum Gasteiger partial charge on any atom is 0.408 e. The van der Waals surface area contributed by atoms with Crippen molar-refractivity contribution < 1.29 is 19.4 Å². The second kappa shape index (κ2) is 6.04. The molecule has 0 heterocycles. The zero-order chi connectivity index (χ0) is 14.6. The Bertz CT molecular complexity index is 302. The quantitative estimate of drug-likeness (QED) is 0.710. The minimum absolute atomic E-state index is 0.137. The van der Waals surface area contributed by atoms with Crippen LogP contribution in [-0.4, -0.2) is 40.9 Å². The maximum absolute atomic E-state index is 11.5. The molecule has 0 radical (unpaired) electrons. The summed E-state index contributed by atoms with van der Waals surface area (Å²) in [6.45, 7) is 11.0. The van der Waals surface area contributed by atoms with Crippen molar-refractivity contribution in [2.75, 3.05) is 6.54 Å². The van der Waals surface area contributed by atoms with Crippen LogP contribution < -0.4 is 10.6 Å². The van der Waals surface area contributed by atoms with E-state index in [9.17, 15) is 9.59 Å². The van der Waals surface area contributed by atoms with Crippen LogP contribution in [0.1, 0.15) is 41.5 Å². The highest BCUT2D eigenvalue weighted by Crippen LogP contribution is 2.07. The summed E-state index contributed by atoms with van der Waals surface area (Å²) in [5.74, 6) is -1.10. The predicted molar refractivity (Wildman–Crippen MR) is 68.5 cm³/mol. The number of hydrogen-bond acceptors (Lipinski definition) is 4. The Morgan fingerprint density at radius 3 is 2.00 bits per heavy atom. The van der Waals surface area contributed by atoms with Gasteiger partial charge in [0.05, 0.1) is 0 Å². The molecule has 0 spiro atoms. The predicted octanol–water partition coefficient (Wildman–Crippen LogP) is 1.35. The Morgan fingerprint density at radius 2 is 1.67 bits per heavy atom. The van der Waals surface area contributed by atoms with Crippen molar-refractivity contribution in [3.05, 3.63) is 0 Å². The fraction of sp³-hybridized carbons (Fsp3) is 0.833. The molecule has 0 aliphatic heterocycles. The average Bonchev–Trinajstić information content (AvgIpc) is 2.06. The molecule has 0 aromatic rings. The van der Waals surface area contributed by atoms with Crippen LogP contribution in [0.4, 0.5) is 4.79 Å². The summed E-state index contributed by atoms with van der Waals surface area (Å²) >= 11 is 0. The Labute approximate surface area is 108 Å². The van der Waals surface area contributed by atoms with Gasteiger partial charge < -0.3 is 20.5 Å². The Morgan fingerprint density at radius 1 is 1.17 bits per heavy atom. The number of aliphatic carboxylic acids is 1. The maximum atomic E-state index is 11.5.